The number of ketones is 1. The zero-order valence-corrected chi connectivity index (χ0v) is 16.4. The fourth-order valence-corrected chi connectivity index (χ4v) is 4.42. The second-order valence-electron chi connectivity index (χ2n) is 7.83. The van der Waals surface area contributed by atoms with E-state index in [-0.39, 0.29) is 17.5 Å². The van der Waals surface area contributed by atoms with Gasteiger partial charge in [0.05, 0.1) is 6.67 Å². The number of likely N-dealkylation sites (tertiary alicyclic amines) is 1. The second kappa shape index (κ2) is 8.33. The first kappa shape index (κ1) is 19.6. The summed E-state index contributed by atoms with van der Waals surface area (Å²) in [6, 6.07) is 15.8. The Morgan fingerprint density at radius 1 is 1.03 bits per heavy atom. The molecular formula is C23H26FN3O2. The van der Waals surface area contributed by atoms with Gasteiger partial charge in [-0.2, -0.15) is 0 Å². The largest absolute Gasteiger partial charge is 0.339 e. The topological polar surface area (TPSA) is 52.7 Å². The molecule has 2 saturated heterocycles. The number of anilines is 1. The minimum Gasteiger partial charge on any atom is -0.339 e. The minimum absolute atomic E-state index is 0.0453. The number of Topliss-reactive ketones (excluding diaryl/α,β-unsaturated/α-hetero) is 1. The molecule has 0 bridgehead atoms. The van der Waals surface area contributed by atoms with Crippen LogP contribution in [0.25, 0.3) is 0 Å². The molecule has 0 radical (unpaired) electrons. The summed E-state index contributed by atoms with van der Waals surface area (Å²) in [6.45, 7) is 3.05. The number of hydrogen-bond donors (Lipinski definition) is 1. The maximum atomic E-state index is 13.0. The van der Waals surface area contributed by atoms with E-state index in [0.29, 0.717) is 18.7 Å². The van der Waals surface area contributed by atoms with Crippen LogP contribution < -0.4 is 10.2 Å². The van der Waals surface area contributed by atoms with E-state index in [9.17, 15) is 14.0 Å². The summed E-state index contributed by atoms with van der Waals surface area (Å²) in [5, 5.41) is 3.02. The number of nitrogens with zero attached hydrogens (tertiary/aromatic N) is 2. The average molecular weight is 394 g/mol. The molecule has 2 aromatic carbocycles. The summed E-state index contributed by atoms with van der Waals surface area (Å²) in [7, 11) is 0. The van der Waals surface area contributed by atoms with Crippen molar-refractivity contribution in [1.82, 2.24) is 10.2 Å². The molecule has 1 spiro atoms. The first-order chi connectivity index (χ1) is 14.1. The number of carbonyl (C=O) groups is 2. The second-order valence-corrected chi connectivity index (χ2v) is 7.83. The van der Waals surface area contributed by atoms with Gasteiger partial charge in [0, 0.05) is 30.8 Å². The highest BCUT2D eigenvalue weighted by molar-refractivity contribution is 5.96. The highest BCUT2D eigenvalue weighted by atomic mass is 19.1. The van der Waals surface area contributed by atoms with Crippen LogP contribution in [0.4, 0.5) is 10.1 Å². The van der Waals surface area contributed by atoms with Crippen LogP contribution in [0.15, 0.2) is 54.6 Å². The number of para-hydroxylation sites is 1. The van der Waals surface area contributed by atoms with Gasteiger partial charge >= 0.3 is 0 Å². The molecule has 0 aliphatic carbocycles. The van der Waals surface area contributed by atoms with E-state index in [1.54, 1.807) is 12.1 Å². The molecule has 152 valence electrons. The van der Waals surface area contributed by atoms with Crippen molar-refractivity contribution < 1.29 is 14.0 Å². The highest BCUT2D eigenvalue weighted by Gasteiger charge is 2.50. The Kier molecular flexibility index (Phi) is 5.62. The maximum absolute atomic E-state index is 13.0. The van der Waals surface area contributed by atoms with E-state index >= 15 is 0 Å². The van der Waals surface area contributed by atoms with Gasteiger partial charge in [-0.3, -0.25) is 9.59 Å². The van der Waals surface area contributed by atoms with Gasteiger partial charge in [-0.1, -0.05) is 18.2 Å². The average Bonchev–Trinajstić information content (AvgIpc) is 3.06. The lowest BCUT2D eigenvalue weighted by molar-refractivity contribution is -0.125. The smallest absolute Gasteiger partial charge is 0.247 e. The first-order valence-electron chi connectivity index (χ1n) is 10.2. The molecule has 0 unspecified atom stereocenters. The van der Waals surface area contributed by atoms with Gasteiger partial charge in [0.25, 0.3) is 0 Å². The molecule has 2 aliphatic heterocycles. The van der Waals surface area contributed by atoms with Crippen LogP contribution in [0, 0.1) is 5.82 Å². The lowest BCUT2D eigenvalue weighted by Crippen LogP contribution is -2.56. The number of nitrogens with one attached hydrogen (secondary N) is 1. The Balaban J connectivity index is 1.30. The third kappa shape index (κ3) is 4.03. The Labute approximate surface area is 170 Å². The summed E-state index contributed by atoms with van der Waals surface area (Å²) in [5.41, 5.74) is 1.16. The zero-order valence-electron chi connectivity index (χ0n) is 16.4. The summed E-state index contributed by atoms with van der Waals surface area (Å²) in [6.07, 6.45) is 2.76. The van der Waals surface area contributed by atoms with Crippen molar-refractivity contribution >= 4 is 17.4 Å². The van der Waals surface area contributed by atoms with Gasteiger partial charge in [-0.05, 0) is 62.2 Å². The minimum atomic E-state index is -0.470. The van der Waals surface area contributed by atoms with Crippen molar-refractivity contribution in [3.05, 3.63) is 66.0 Å². The normalized spacial score (nSPS) is 18.8. The van der Waals surface area contributed by atoms with E-state index in [2.05, 4.69) is 27.2 Å². The maximum Gasteiger partial charge on any atom is 0.247 e. The number of amides is 1. The molecule has 2 aliphatic rings. The third-order valence-corrected chi connectivity index (χ3v) is 6.13. The van der Waals surface area contributed by atoms with Gasteiger partial charge in [-0.25, -0.2) is 4.39 Å². The molecule has 5 nitrogen and oxygen atoms in total. The van der Waals surface area contributed by atoms with Gasteiger partial charge in [-0.15, -0.1) is 0 Å². The quantitative estimate of drug-likeness (QED) is 0.765. The number of halogens is 1. The number of hydrogen-bond acceptors (Lipinski definition) is 4. The summed E-state index contributed by atoms with van der Waals surface area (Å²) < 4.78 is 13.0. The van der Waals surface area contributed by atoms with Crippen LogP contribution in [-0.4, -0.2) is 48.4 Å². The van der Waals surface area contributed by atoms with Gasteiger partial charge in [0.15, 0.2) is 5.78 Å². The fraction of sp³-hybridized carbons (Fsp3) is 0.391. The molecule has 0 atom stereocenters. The standard InChI is InChI=1S/C23H26FN3O2/c24-19-10-8-18(9-11-19)21(28)7-4-14-26-15-12-23(13-16-26)22(29)25-17-27(23)20-5-2-1-3-6-20/h1-3,5-6,8-11H,4,7,12-17H2,(H,25,29)/i21-1. The molecule has 2 aromatic rings. The van der Waals surface area contributed by atoms with E-state index in [1.165, 1.54) is 12.1 Å². The summed E-state index contributed by atoms with van der Waals surface area (Å²) in [5.74, 6) is -0.166. The molecule has 0 aromatic heterocycles. The molecule has 2 fully saturated rings. The third-order valence-electron chi connectivity index (χ3n) is 6.13. The lowest BCUT2D eigenvalue weighted by atomic mass is 9.72. The molecule has 1 N–H and O–H groups in total. The SMILES string of the molecule is O=C1NCN(c2ccccc2)C12CCN(CCC[11C](=O)c1ccc(F)cc1)CC2. The van der Waals surface area contributed by atoms with Gasteiger partial charge in [0.1, 0.15) is 11.4 Å². The molecule has 2 heterocycles. The van der Waals surface area contributed by atoms with Crippen LogP contribution in [0.5, 0.6) is 0 Å². The van der Waals surface area contributed by atoms with Gasteiger partial charge < -0.3 is 15.1 Å². The van der Waals surface area contributed by atoms with E-state index in [4.69, 9.17) is 0 Å². The Hall–Kier alpha value is -2.73. The summed E-state index contributed by atoms with van der Waals surface area (Å²) in [4.78, 5) is 29.5. The van der Waals surface area contributed by atoms with Crippen molar-refractivity contribution in [3.8, 4) is 0 Å². The fourth-order valence-electron chi connectivity index (χ4n) is 4.42. The molecule has 0 saturated carbocycles. The van der Waals surface area contributed by atoms with E-state index in [1.807, 2.05) is 18.2 Å². The number of carbonyl (C=O) groups excluding carboxylic acids is 2. The van der Waals surface area contributed by atoms with Crippen LogP contribution in [0.2, 0.25) is 0 Å². The first-order valence-corrected chi connectivity index (χ1v) is 10.2. The summed E-state index contributed by atoms with van der Waals surface area (Å²) >= 11 is 0. The van der Waals surface area contributed by atoms with Crippen molar-refractivity contribution in [2.45, 2.75) is 31.2 Å². The molecule has 29 heavy (non-hydrogen) atoms. The monoisotopic (exact) mass is 394 g/mol. The predicted molar refractivity (Wildman–Crippen MR) is 110 cm³/mol. The van der Waals surface area contributed by atoms with Crippen LogP contribution >= 0.6 is 0 Å². The van der Waals surface area contributed by atoms with Crippen LogP contribution in [0.3, 0.4) is 0 Å². The Morgan fingerprint density at radius 2 is 1.72 bits per heavy atom. The van der Waals surface area contributed by atoms with Crippen molar-refractivity contribution in [3.63, 3.8) is 0 Å². The Bertz CT molecular complexity index is 861. The van der Waals surface area contributed by atoms with Gasteiger partial charge in [0.2, 0.25) is 5.91 Å². The van der Waals surface area contributed by atoms with Crippen molar-refractivity contribution in [2.75, 3.05) is 31.2 Å². The zero-order chi connectivity index (χ0) is 20.3. The van der Waals surface area contributed by atoms with E-state index < -0.39 is 5.54 Å². The number of rotatable bonds is 6. The van der Waals surface area contributed by atoms with Crippen LogP contribution in [0.1, 0.15) is 36.0 Å². The molecule has 4 rings (SSSR count). The van der Waals surface area contributed by atoms with E-state index in [0.717, 1.165) is 44.6 Å². The van der Waals surface area contributed by atoms with Crippen molar-refractivity contribution in [2.24, 2.45) is 0 Å². The Morgan fingerprint density at radius 3 is 2.41 bits per heavy atom. The molecule has 6 heteroatoms. The number of piperidine rings is 1. The lowest BCUT2D eigenvalue weighted by Gasteiger charge is -2.43. The van der Waals surface area contributed by atoms with Crippen LogP contribution in [-0.2, 0) is 4.79 Å². The van der Waals surface area contributed by atoms with Crippen molar-refractivity contribution in [1.29, 1.82) is 0 Å². The predicted octanol–water partition coefficient (Wildman–Crippen LogP) is 3.22. The number of benzene rings is 2. The molecule has 1 amide bonds. The molecular weight excluding hydrogens is 368 g/mol. The highest BCUT2D eigenvalue weighted by Crippen LogP contribution is 2.36.